The van der Waals surface area contributed by atoms with Crippen molar-refractivity contribution in [2.24, 2.45) is 0 Å². The van der Waals surface area contributed by atoms with Gasteiger partial charge in [-0.25, -0.2) is 0 Å². The zero-order valence-corrected chi connectivity index (χ0v) is 16.6. The maximum atomic E-state index is 5.23. The van der Waals surface area contributed by atoms with Crippen LogP contribution in [0.15, 0.2) is 91.5 Å². The zero-order valence-electron chi connectivity index (χ0n) is 13.1. The fourth-order valence-corrected chi connectivity index (χ4v) is 11.4. The Morgan fingerprint density at radius 2 is 1.13 bits per heavy atom. The molecule has 0 heterocycles. The molecular formula is C21H19BiO. The number of methoxy groups -OCH3 is 1. The van der Waals surface area contributed by atoms with Crippen LogP contribution in [0.5, 0.6) is 0 Å². The van der Waals surface area contributed by atoms with Crippen LogP contribution in [0.1, 0.15) is 5.56 Å². The molecule has 0 fully saturated rings. The number of hydrogen-bond acceptors (Lipinski definition) is 1. The van der Waals surface area contributed by atoms with Gasteiger partial charge in [0.1, 0.15) is 0 Å². The van der Waals surface area contributed by atoms with Crippen LogP contribution < -0.4 is 9.81 Å². The van der Waals surface area contributed by atoms with E-state index in [1.807, 2.05) is 0 Å². The van der Waals surface area contributed by atoms with Gasteiger partial charge in [-0.05, 0) is 0 Å². The van der Waals surface area contributed by atoms with Gasteiger partial charge in [-0.1, -0.05) is 0 Å². The Morgan fingerprint density at radius 1 is 0.696 bits per heavy atom. The van der Waals surface area contributed by atoms with Crippen LogP contribution in [-0.4, -0.2) is 28.9 Å². The molecule has 2 heteroatoms. The van der Waals surface area contributed by atoms with Crippen molar-refractivity contribution < 1.29 is 4.74 Å². The van der Waals surface area contributed by atoms with E-state index in [0.29, 0.717) is 5.76 Å². The second kappa shape index (κ2) is 7.57. The molecule has 0 bridgehead atoms. The molecule has 0 aliphatic carbocycles. The summed E-state index contributed by atoms with van der Waals surface area (Å²) < 4.78 is 9.68. The van der Waals surface area contributed by atoms with Crippen LogP contribution in [0.3, 0.4) is 0 Å². The first-order chi connectivity index (χ1) is 11.3. The van der Waals surface area contributed by atoms with Crippen molar-refractivity contribution in [3.8, 4) is 0 Å². The minimum absolute atomic E-state index is 0.710. The zero-order chi connectivity index (χ0) is 16.1. The molecule has 0 spiro atoms. The van der Waals surface area contributed by atoms with Gasteiger partial charge in [0.15, 0.2) is 0 Å². The van der Waals surface area contributed by atoms with Crippen LogP contribution >= 0.6 is 0 Å². The summed E-state index contributed by atoms with van der Waals surface area (Å²) in [5.74, 6) is 0.710. The molecule has 3 aromatic carbocycles. The van der Waals surface area contributed by atoms with Crippen molar-refractivity contribution in [2.45, 2.75) is 0 Å². The van der Waals surface area contributed by atoms with E-state index in [4.69, 9.17) is 4.74 Å². The van der Waals surface area contributed by atoms with E-state index >= 15 is 0 Å². The van der Waals surface area contributed by atoms with Gasteiger partial charge in [-0.3, -0.25) is 0 Å². The first-order valence-electron chi connectivity index (χ1n) is 7.53. The van der Waals surface area contributed by atoms with Gasteiger partial charge in [0.25, 0.3) is 0 Å². The average Bonchev–Trinajstić information content (AvgIpc) is 2.64. The third kappa shape index (κ3) is 3.71. The normalized spacial score (nSPS) is 10.5. The van der Waals surface area contributed by atoms with Crippen molar-refractivity contribution in [3.63, 3.8) is 0 Å². The molecule has 1 nitrogen and oxygen atoms in total. The second-order valence-electron chi connectivity index (χ2n) is 5.18. The summed E-state index contributed by atoms with van der Waals surface area (Å²) in [6.07, 6.45) is 0. The summed E-state index contributed by atoms with van der Waals surface area (Å²) in [6.45, 7) is 3.93. The Balaban J connectivity index is 2.04. The average molecular weight is 496 g/mol. The van der Waals surface area contributed by atoms with Crippen LogP contribution in [-0.2, 0) is 4.74 Å². The molecule has 0 atom stereocenters. The van der Waals surface area contributed by atoms with Crippen LogP contribution in [0.4, 0.5) is 0 Å². The van der Waals surface area contributed by atoms with E-state index in [-0.39, 0.29) is 0 Å². The number of hydrogen-bond donors (Lipinski definition) is 0. The topological polar surface area (TPSA) is 9.23 Å². The quantitative estimate of drug-likeness (QED) is 0.390. The molecule has 0 aromatic heterocycles. The molecule has 3 rings (SSSR count). The molecule has 0 radical (unpaired) electrons. The van der Waals surface area contributed by atoms with Gasteiger partial charge >= 0.3 is 146 Å². The van der Waals surface area contributed by atoms with E-state index in [1.165, 1.54) is 9.81 Å². The van der Waals surface area contributed by atoms with E-state index in [9.17, 15) is 0 Å². The van der Waals surface area contributed by atoms with Crippen LogP contribution in [0.2, 0.25) is 0 Å². The summed E-state index contributed by atoms with van der Waals surface area (Å²) in [6, 6.07) is 30.6. The van der Waals surface area contributed by atoms with Crippen LogP contribution in [0, 0.1) is 0 Å². The number of ether oxygens (including phenoxy) is 1. The minimum atomic E-state index is -2.22. The van der Waals surface area contributed by atoms with Crippen molar-refractivity contribution in [1.29, 1.82) is 0 Å². The molecule has 0 saturated carbocycles. The van der Waals surface area contributed by atoms with Gasteiger partial charge < -0.3 is 0 Å². The molecule has 0 unspecified atom stereocenters. The molecule has 114 valence electrons. The fourth-order valence-electron chi connectivity index (χ4n) is 2.52. The Hall–Kier alpha value is -1.92. The second-order valence-corrected chi connectivity index (χ2v) is 13.8. The van der Waals surface area contributed by atoms with E-state index in [2.05, 4.69) is 91.5 Å². The maximum absolute atomic E-state index is 5.23. The van der Waals surface area contributed by atoms with Crippen molar-refractivity contribution in [3.05, 3.63) is 97.1 Å². The first kappa shape index (κ1) is 16.0. The number of rotatable bonds is 5. The van der Waals surface area contributed by atoms with E-state index in [1.54, 1.807) is 7.11 Å². The molecule has 0 aliphatic rings. The predicted molar refractivity (Wildman–Crippen MR) is 100 cm³/mol. The monoisotopic (exact) mass is 496 g/mol. The third-order valence-electron chi connectivity index (χ3n) is 3.72. The van der Waals surface area contributed by atoms with Crippen molar-refractivity contribution >= 4 is 37.3 Å². The van der Waals surface area contributed by atoms with Crippen molar-refractivity contribution in [2.75, 3.05) is 7.11 Å². The van der Waals surface area contributed by atoms with Crippen molar-refractivity contribution in [1.82, 2.24) is 0 Å². The molecule has 23 heavy (non-hydrogen) atoms. The summed E-state index contributed by atoms with van der Waals surface area (Å²) in [5.41, 5.74) is 1.04. The Kier molecular flexibility index (Phi) is 5.25. The third-order valence-corrected chi connectivity index (χ3v) is 13.2. The summed E-state index contributed by atoms with van der Waals surface area (Å²) in [4.78, 5) is 0. The van der Waals surface area contributed by atoms with Gasteiger partial charge in [0, 0.05) is 0 Å². The number of benzene rings is 3. The van der Waals surface area contributed by atoms with Gasteiger partial charge in [-0.2, -0.15) is 0 Å². The SMILES string of the molecule is C=C(OC)c1cc[c]([Bi]([c]2ccccc2)[c]2ccccc2)cc1. The van der Waals surface area contributed by atoms with E-state index < -0.39 is 21.8 Å². The van der Waals surface area contributed by atoms with E-state index in [0.717, 1.165) is 5.56 Å². The molecule has 3 aromatic rings. The molecule has 0 saturated heterocycles. The first-order valence-corrected chi connectivity index (χ1v) is 12.7. The standard InChI is InChI=1S/C9H9O.2C6H5.Bi/c1-8(10-2)9-6-4-3-5-7-9;2*1-2-4-6-5-3-1;/h4-7H,1H2,2H3;2*1-5H;. The Morgan fingerprint density at radius 3 is 1.57 bits per heavy atom. The van der Waals surface area contributed by atoms with Gasteiger partial charge in [0.05, 0.1) is 0 Å². The Bertz CT molecular complexity index is 724. The summed E-state index contributed by atoms with van der Waals surface area (Å²) in [7, 11) is 1.66. The van der Waals surface area contributed by atoms with Gasteiger partial charge in [-0.15, -0.1) is 0 Å². The van der Waals surface area contributed by atoms with Gasteiger partial charge in [0.2, 0.25) is 0 Å². The van der Waals surface area contributed by atoms with Crippen LogP contribution in [0.25, 0.3) is 5.76 Å². The summed E-state index contributed by atoms with van der Waals surface area (Å²) in [5, 5.41) is 0. The predicted octanol–water partition coefficient (Wildman–Crippen LogP) is 2.82. The molecule has 0 aliphatic heterocycles. The molecule has 0 N–H and O–H groups in total. The Labute approximate surface area is 145 Å². The molecular weight excluding hydrogens is 477 g/mol. The summed E-state index contributed by atoms with van der Waals surface area (Å²) >= 11 is -2.22. The fraction of sp³-hybridized carbons (Fsp3) is 0.0476. The molecule has 0 amide bonds.